The molecule has 0 saturated carbocycles. The zero-order valence-electron chi connectivity index (χ0n) is 9.83. The van der Waals surface area contributed by atoms with Crippen LogP contribution in [0.2, 0.25) is 0 Å². The van der Waals surface area contributed by atoms with E-state index in [4.69, 9.17) is 20.4 Å². The van der Waals surface area contributed by atoms with Crippen molar-refractivity contribution < 1.29 is 25.2 Å². The van der Waals surface area contributed by atoms with Crippen LogP contribution in [0.4, 0.5) is 0 Å². The third-order valence-corrected chi connectivity index (χ3v) is 2.78. The number of benzene rings is 1. The summed E-state index contributed by atoms with van der Waals surface area (Å²) in [7, 11) is 0. The highest BCUT2D eigenvalue weighted by atomic mass is 16.4. The van der Waals surface area contributed by atoms with Crippen LogP contribution in [0, 0.1) is 0 Å². The van der Waals surface area contributed by atoms with Crippen LogP contribution in [0.1, 0.15) is 15.9 Å². The molecule has 0 saturated heterocycles. The second-order valence-corrected chi connectivity index (χ2v) is 4.11. The Balaban J connectivity index is 2.65. The predicted molar refractivity (Wildman–Crippen MR) is 64.2 cm³/mol. The first-order chi connectivity index (χ1) is 8.56. The molecule has 0 unspecified atom stereocenters. The van der Waals surface area contributed by atoms with Crippen LogP contribution in [-0.4, -0.2) is 51.8 Å². The second-order valence-electron chi connectivity index (χ2n) is 4.11. The van der Waals surface area contributed by atoms with E-state index in [0.717, 1.165) is 5.56 Å². The third-order valence-electron chi connectivity index (χ3n) is 2.78. The Labute approximate surface area is 105 Å². The monoisotopic (exact) mass is 255 g/mol. The van der Waals surface area contributed by atoms with Crippen molar-refractivity contribution in [3.63, 3.8) is 0 Å². The number of rotatable bonds is 7. The Kier molecular flexibility index (Phi) is 5.24. The summed E-state index contributed by atoms with van der Waals surface area (Å²) in [6.45, 7) is -0.880. The molecule has 6 nitrogen and oxygen atoms in total. The smallest absolute Gasteiger partial charge is 0.335 e. The lowest BCUT2D eigenvalue weighted by atomic mass is 10.0. The van der Waals surface area contributed by atoms with Crippen molar-refractivity contribution in [2.24, 2.45) is 0 Å². The number of aliphatic hydroxyl groups excluding tert-OH is 3. The van der Waals surface area contributed by atoms with Crippen LogP contribution in [0.5, 0.6) is 0 Å². The molecule has 0 aliphatic carbocycles. The van der Waals surface area contributed by atoms with Crippen molar-refractivity contribution in [1.82, 2.24) is 5.32 Å². The van der Waals surface area contributed by atoms with Crippen molar-refractivity contribution >= 4 is 5.97 Å². The largest absolute Gasteiger partial charge is 0.478 e. The van der Waals surface area contributed by atoms with Crippen molar-refractivity contribution in [2.75, 3.05) is 19.8 Å². The molecule has 0 aliphatic rings. The van der Waals surface area contributed by atoms with Crippen molar-refractivity contribution in [1.29, 1.82) is 0 Å². The van der Waals surface area contributed by atoms with Crippen molar-refractivity contribution in [3.05, 3.63) is 35.4 Å². The minimum Gasteiger partial charge on any atom is -0.478 e. The topological polar surface area (TPSA) is 110 Å². The highest BCUT2D eigenvalue weighted by Gasteiger charge is 2.26. The molecule has 0 heterocycles. The maximum atomic E-state index is 10.7. The van der Waals surface area contributed by atoms with E-state index in [1.54, 1.807) is 12.1 Å². The zero-order chi connectivity index (χ0) is 13.6. The Morgan fingerprint density at radius 3 is 1.94 bits per heavy atom. The molecule has 0 atom stereocenters. The standard InChI is InChI=1S/C12H17NO5/c14-6-12(7-15,8-16)13-5-9-1-3-10(4-2-9)11(17)18/h1-4,13-16H,5-8H2,(H,17,18). The number of carboxylic acid groups (broad SMARTS) is 1. The SMILES string of the molecule is O=C(O)c1ccc(CNC(CO)(CO)CO)cc1. The summed E-state index contributed by atoms with van der Waals surface area (Å²) in [5.41, 5.74) is -0.151. The molecule has 0 aromatic heterocycles. The van der Waals surface area contributed by atoms with Crippen LogP contribution in [0.3, 0.4) is 0 Å². The second kappa shape index (κ2) is 6.46. The predicted octanol–water partition coefficient (Wildman–Crippen LogP) is -0.810. The summed E-state index contributed by atoms with van der Waals surface area (Å²) in [5, 5.41) is 38.9. The van der Waals surface area contributed by atoms with E-state index in [-0.39, 0.29) is 5.56 Å². The average Bonchev–Trinajstić information content (AvgIpc) is 2.41. The Morgan fingerprint density at radius 1 is 1.06 bits per heavy atom. The summed E-state index contributed by atoms with van der Waals surface area (Å²) in [6.07, 6.45) is 0. The third kappa shape index (κ3) is 3.51. The number of hydrogen-bond donors (Lipinski definition) is 5. The summed E-state index contributed by atoms with van der Waals surface area (Å²) in [6, 6.07) is 6.20. The molecule has 0 spiro atoms. The van der Waals surface area contributed by atoms with Crippen LogP contribution in [-0.2, 0) is 6.54 Å². The quantitative estimate of drug-likeness (QED) is 0.436. The molecule has 100 valence electrons. The first kappa shape index (κ1) is 14.6. The summed E-state index contributed by atoms with van der Waals surface area (Å²) < 4.78 is 0. The lowest BCUT2D eigenvalue weighted by Gasteiger charge is -2.28. The van der Waals surface area contributed by atoms with E-state index in [9.17, 15) is 4.79 Å². The molecular weight excluding hydrogens is 238 g/mol. The minimum atomic E-state index is -1.13. The van der Waals surface area contributed by atoms with Gasteiger partial charge in [-0.15, -0.1) is 0 Å². The van der Waals surface area contributed by atoms with Gasteiger partial charge in [-0.3, -0.25) is 0 Å². The Hall–Kier alpha value is -1.47. The van der Waals surface area contributed by atoms with E-state index >= 15 is 0 Å². The number of aliphatic hydroxyl groups is 3. The summed E-state index contributed by atoms with van der Waals surface area (Å²) in [4.78, 5) is 10.7. The molecular formula is C12H17NO5. The first-order valence-corrected chi connectivity index (χ1v) is 5.47. The molecule has 0 radical (unpaired) electrons. The van der Waals surface area contributed by atoms with Gasteiger partial charge in [-0.25, -0.2) is 4.79 Å². The summed E-state index contributed by atoms with van der Waals surface area (Å²) >= 11 is 0. The van der Waals surface area contributed by atoms with E-state index in [2.05, 4.69) is 5.32 Å². The average molecular weight is 255 g/mol. The number of aromatic carboxylic acids is 1. The van der Waals surface area contributed by atoms with E-state index < -0.39 is 31.3 Å². The molecule has 0 amide bonds. The number of nitrogens with one attached hydrogen (secondary N) is 1. The molecule has 5 N–H and O–H groups in total. The Bertz CT molecular complexity index is 378. The van der Waals surface area contributed by atoms with Crippen LogP contribution < -0.4 is 5.32 Å². The molecule has 0 bridgehead atoms. The molecule has 6 heteroatoms. The molecule has 0 aliphatic heterocycles. The normalized spacial score (nSPS) is 11.5. The van der Waals surface area contributed by atoms with Crippen molar-refractivity contribution in [3.8, 4) is 0 Å². The number of carboxylic acids is 1. The van der Waals surface area contributed by atoms with Gasteiger partial charge in [0.25, 0.3) is 0 Å². The lowest BCUT2D eigenvalue weighted by molar-refractivity contribution is 0.0414. The zero-order valence-corrected chi connectivity index (χ0v) is 9.83. The maximum Gasteiger partial charge on any atom is 0.335 e. The molecule has 1 rings (SSSR count). The van der Waals surface area contributed by atoms with Gasteiger partial charge in [0.1, 0.15) is 0 Å². The van der Waals surface area contributed by atoms with Gasteiger partial charge in [0.05, 0.1) is 30.9 Å². The van der Waals surface area contributed by atoms with Gasteiger partial charge >= 0.3 is 5.97 Å². The highest BCUT2D eigenvalue weighted by Crippen LogP contribution is 2.07. The molecule has 18 heavy (non-hydrogen) atoms. The van der Waals surface area contributed by atoms with Gasteiger partial charge in [-0.05, 0) is 17.7 Å². The van der Waals surface area contributed by atoms with Gasteiger partial charge in [0.15, 0.2) is 0 Å². The van der Waals surface area contributed by atoms with Gasteiger partial charge in [-0.1, -0.05) is 12.1 Å². The van der Waals surface area contributed by atoms with E-state index in [0.29, 0.717) is 6.54 Å². The van der Waals surface area contributed by atoms with Gasteiger partial charge in [-0.2, -0.15) is 0 Å². The fourth-order valence-electron chi connectivity index (χ4n) is 1.37. The van der Waals surface area contributed by atoms with E-state index in [1.165, 1.54) is 12.1 Å². The molecule has 1 aromatic carbocycles. The fourth-order valence-corrected chi connectivity index (χ4v) is 1.37. The van der Waals surface area contributed by atoms with Crippen molar-refractivity contribution in [2.45, 2.75) is 12.1 Å². The summed E-state index contributed by atoms with van der Waals surface area (Å²) in [5.74, 6) is -0.995. The van der Waals surface area contributed by atoms with Crippen LogP contribution in [0.25, 0.3) is 0 Å². The van der Waals surface area contributed by atoms with Crippen LogP contribution >= 0.6 is 0 Å². The minimum absolute atomic E-state index is 0.191. The number of carbonyl (C=O) groups is 1. The Morgan fingerprint density at radius 2 is 1.56 bits per heavy atom. The van der Waals surface area contributed by atoms with Gasteiger partial charge in [0.2, 0.25) is 0 Å². The maximum absolute atomic E-state index is 10.7. The molecule has 0 fully saturated rings. The number of hydrogen-bond acceptors (Lipinski definition) is 5. The fraction of sp³-hybridized carbons (Fsp3) is 0.417. The lowest BCUT2D eigenvalue weighted by Crippen LogP contribution is -2.54. The highest BCUT2D eigenvalue weighted by molar-refractivity contribution is 5.87. The molecule has 1 aromatic rings. The van der Waals surface area contributed by atoms with Crippen LogP contribution in [0.15, 0.2) is 24.3 Å². The van der Waals surface area contributed by atoms with E-state index in [1.807, 2.05) is 0 Å². The van der Waals surface area contributed by atoms with Gasteiger partial charge in [0, 0.05) is 6.54 Å². The first-order valence-electron chi connectivity index (χ1n) is 5.47. The van der Waals surface area contributed by atoms with Gasteiger partial charge < -0.3 is 25.7 Å².